The Morgan fingerprint density at radius 2 is 2.00 bits per heavy atom. The molecule has 1 aromatic carbocycles. The quantitative estimate of drug-likeness (QED) is 0.863. The topological polar surface area (TPSA) is 61.6 Å². The van der Waals surface area contributed by atoms with Crippen LogP contribution >= 0.6 is 0 Å². The van der Waals surface area contributed by atoms with E-state index in [2.05, 4.69) is 30.2 Å². The molecule has 1 N–H and O–H groups in total. The molecule has 1 amide bonds. The summed E-state index contributed by atoms with van der Waals surface area (Å²) in [5, 5.41) is 14.0. The van der Waals surface area contributed by atoms with Gasteiger partial charge in [0.05, 0.1) is 18.0 Å². The second-order valence-electron chi connectivity index (χ2n) is 8.37. The number of rotatable bonds is 5. The number of likely N-dealkylation sites (tertiary alicyclic amines) is 2. The molecule has 2 aliphatic heterocycles. The molecular formula is C22H30N4O2. The molecule has 2 fully saturated rings. The van der Waals surface area contributed by atoms with Crippen molar-refractivity contribution in [3.8, 4) is 5.69 Å². The Morgan fingerprint density at radius 1 is 1.18 bits per heavy atom. The lowest BCUT2D eigenvalue weighted by Crippen LogP contribution is -2.54. The fraction of sp³-hybridized carbons (Fsp3) is 0.545. The van der Waals surface area contributed by atoms with Crippen LogP contribution in [0.2, 0.25) is 0 Å². The van der Waals surface area contributed by atoms with Gasteiger partial charge in [0, 0.05) is 49.8 Å². The maximum absolute atomic E-state index is 12.2. The summed E-state index contributed by atoms with van der Waals surface area (Å²) in [6, 6.07) is 10.2. The molecule has 3 heterocycles. The van der Waals surface area contributed by atoms with Gasteiger partial charge in [-0.25, -0.2) is 4.68 Å². The monoisotopic (exact) mass is 382 g/mol. The Hall–Kier alpha value is -2.18. The highest BCUT2D eigenvalue weighted by atomic mass is 16.3. The summed E-state index contributed by atoms with van der Waals surface area (Å²) < 4.78 is 1.96. The summed E-state index contributed by atoms with van der Waals surface area (Å²) in [6.07, 6.45) is 6.05. The van der Waals surface area contributed by atoms with Gasteiger partial charge in [0.1, 0.15) is 0 Å². The molecule has 0 saturated carbocycles. The summed E-state index contributed by atoms with van der Waals surface area (Å²) in [7, 11) is 0. The number of aliphatic hydroxyl groups is 1. The third kappa shape index (κ3) is 3.98. The predicted octanol–water partition coefficient (Wildman–Crippen LogP) is 2.38. The third-order valence-corrected chi connectivity index (χ3v) is 6.27. The molecule has 0 aliphatic carbocycles. The number of amides is 1. The molecule has 2 saturated heterocycles. The van der Waals surface area contributed by atoms with Crippen LogP contribution in [0, 0.1) is 12.3 Å². The van der Waals surface area contributed by atoms with Crippen molar-refractivity contribution in [3.05, 3.63) is 47.8 Å². The van der Waals surface area contributed by atoms with E-state index < -0.39 is 0 Å². The van der Waals surface area contributed by atoms with Gasteiger partial charge in [-0.1, -0.05) is 18.2 Å². The van der Waals surface area contributed by atoms with Crippen molar-refractivity contribution in [1.82, 2.24) is 19.6 Å². The molecule has 6 heteroatoms. The van der Waals surface area contributed by atoms with Crippen molar-refractivity contribution in [2.45, 2.75) is 39.2 Å². The number of aromatic nitrogens is 2. The maximum atomic E-state index is 12.2. The molecule has 6 nitrogen and oxygen atoms in total. The highest BCUT2D eigenvalue weighted by Crippen LogP contribution is 2.39. The van der Waals surface area contributed by atoms with Crippen LogP contribution < -0.4 is 0 Å². The Morgan fingerprint density at radius 3 is 2.79 bits per heavy atom. The van der Waals surface area contributed by atoms with E-state index in [9.17, 15) is 9.90 Å². The van der Waals surface area contributed by atoms with E-state index in [1.54, 1.807) is 0 Å². The zero-order valence-electron chi connectivity index (χ0n) is 16.7. The van der Waals surface area contributed by atoms with Gasteiger partial charge in [0.2, 0.25) is 5.91 Å². The van der Waals surface area contributed by atoms with Gasteiger partial charge in [-0.3, -0.25) is 9.69 Å². The minimum Gasteiger partial charge on any atom is -0.395 e. The van der Waals surface area contributed by atoms with Gasteiger partial charge in [-0.15, -0.1) is 0 Å². The molecule has 0 radical (unpaired) electrons. The van der Waals surface area contributed by atoms with Gasteiger partial charge in [-0.05, 0) is 44.9 Å². The average molecular weight is 383 g/mol. The Labute approximate surface area is 166 Å². The molecule has 2 aliphatic rings. The van der Waals surface area contributed by atoms with E-state index >= 15 is 0 Å². The van der Waals surface area contributed by atoms with Gasteiger partial charge in [0.15, 0.2) is 0 Å². The Balaban J connectivity index is 1.46. The van der Waals surface area contributed by atoms with Crippen LogP contribution in [0.15, 0.2) is 36.5 Å². The minimum atomic E-state index is 0.0450. The normalized spacial score (nSPS) is 23.5. The van der Waals surface area contributed by atoms with Crippen molar-refractivity contribution in [2.24, 2.45) is 5.41 Å². The highest BCUT2D eigenvalue weighted by molar-refractivity contribution is 5.77. The lowest BCUT2D eigenvalue weighted by molar-refractivity contribution is -0.140. The SMILES string of the molecule is Cc1nn(-c2ccccc2)cc1CN1CCC[C@@]2(CCC(=O)N(CCO)C2)C1. The van der Waals surface area contributed by atoms with Gasteiger partial charge >= 0.3 is 0 Å². The van der Waals surface area contributed by atoms with Crippen molar-refractivity contribution >= 4 is 5.91 Å². The lowest BCUT2D eigenvalue weighted by atomic mass is 9.73. The van der Waals surface area contributed by atoms with Crippen LogP contribution in [0.25, 0.3) is 5.69 Å². The molecule has 1 aromatic heterocycles. The molecule has 4 rings (SSSR count). The molecule has 1 spiro atoms. The van der Waals surface area contributed by atoms with E-state index in [1.165, 1.54) is 12.0 Å². The molecule has 0 unspecified atom stereocenters. The number of piperidine rings is 2. The molecule has 2 aromatic rings. The minimum absolute atomic E-state index is 0.0450. The van der Waals surface area contributed by atoms with Crippen LogP contribution in [0.4, 0.5) is 0 Å². The second kappa shape index (κ2) is 8.05. The van der Waals surface area contributed by atoms with Crippen LogP contribution in [0.3, 0.4) is 0 Å². The van der Waals surface area contributed by atoms with Crippen molar-refractivity contribution < 1.29 is 9.90 Å². The third-order valence-electron chi connectivity index (χ3n) is 6.27. The number of nitrogens with zero attached hydrogens (tertiary/aromatic N) is 4. The zero-order valence-corrected chi connectivity index (χ0v) is 16.7. The Bertz CT molecular complexity index is 819. The smallest absolute Gasteiger partial charge is 0.222 e. The molecule has 28 heavy (non-hydrogen) atoms. The zero-order chi connectivity index (χ0) is 19.6. The molecule has 150 valence electrons. The number of aryl methyl sites for hydroxylation is 1. The fourth-order valence-electron chi connectivity index (χ4n) is 4.81. The van der Waals surface area contributed by atoms with Crippen molar-refractivity contribution in [3.63, 3.8) is 0 Å². The number of carbonyl (C=O) groups is 1. The van der Waals surface area contributed by atoms with E-state index in [1.807, 2.05) is 27.8 Å². The van der Waals surface area contributed by atoms with Crippen LogP contribution in [-0.4, -0.2) is 63.4 Å². The van der Waals surface area contributed by atoms with Gasteiger partial charge in [0.25, 0.3) is 0 Å². The highest BCUT2D eigenvalue weighted by Gasteiger charge is 2.41. The van der Waals surface area contributed by atoms with E-state index in [-0.39, 0.29) is 17.9 Å². The summed E-state index contributed by atoms with van der Waals surface area (Å²) >= 11 is 0. The number of β-amino-alcohol motifs (C(OH)–C–C–N with tert-alkyl or cyclic N) is 1. The lowest BCUT2D eigenvalue weighted by Gasteiger charge is -2.48. The van der Waals surface area contributed by atoms with Crippen molar-refractivity contribution in [2.75, 3.05) is 32.8 Å². The fourth-order valence-corrected chi connectivity index (χ4v) is 4.81. The van der Waals surface area contributed by atoms with Crippen LogP contribution in [0.1, 0.15) is 36.9 Å². The first-order valence-electron chi connectivity index (χ1n) is 10.3. The number of para-hydroxylation sites is 1. The summed E-state index contributed by atoms with van der Waals surface area (Å²) in [5.41, 5.74) is 3.59. The number of benzene rings is 1. The summed E-state index contributed by atoms with van der Waals surface area (Å²) in [6.45, 7) is 6.37. The predicted molar refractivity (Wildman–Crippen MR) is 108 cm³/mol. The van der Waals surface area contributed by atoms with Gasteiger partial charge < -0.3 is 10.0 Å². The molecule has 1 atom stereocenters. The standard InChI is InChI=1S/C22H30N4O2/c1-18-19(15-26(23-18)20-6-3-2-4-7-20)14-24-11-5-9-22(16-24)10-8-21(28)25(17-22)12-13-27/h2-4,6-7,15,27H,5,8-14,16-17H2,1H3/t22-/m1/s1. The van der Waals surface area contributed by atoms with Crippen molar-refractivity contribution in [1.29, 1.82) is 0 Å². The largest absolute Gasteiger partial charge is 0.395 e. The van der Waals surface area contributed by atoms with E-state index in [4.69, 9.17) is 5.10 Å². The van der Waals surface area contributed by atoms with Gasteiger partial charge in [-0.2, -0.15) is 5.10 Å². The van der Waals surface area contributed by atoms with E-state index in [0.717, 1.165) is 50.4 Å². The number of carbonyl (C=O) groups excluding carboxylic acids is 1. The summed E-state index contributed by atoms with van der Waals surface area (Å²) in [4.78, 5) is 16.5. The molecular weight excluding hydrogens is 352 g/mol. The number of hydrogen-bond donors (Lipinski definition) is 1. The summed E-state index contributed by atoms with van der Waals surface area (Å²) in [5.74, 6) is 0.191. The number of aliphatic hydroxyl groups excluding tert-OH is 1. The first-order chi connectivity index (χ1) is 13.6. The first kappa shape index (κ1) is 19.2. The first-order valence-corrected chi connectivity index (χ1v) is 10.3. The van der Waals surface area contributed by atoms with Crippen LogP contribution in [-0.2, 0) is 11.3 Å². The maximum Gasteiger partial charge on any atom is 0.222 e. The number of hydrogen-bond acceptors (Lipinski definition) is 4. The Kier molecular flexibility index (Phi) is 5.51. The van der Waals surface area contributed by atoms with Crippen LogP contribution in [0.5, 0.6) is 0 Å². The average Bonchev–Trinajstić information content (AvgIpc) is 3.06. The second-order valence-corrected chi connectivity index (χ2v) is 8.37. The molecule has 0 bridgehead atoms. The van der Waals surface area contributed by atoms with E-state index in [0.29, 0.717) is 13.0 Å².